The summed E-state index contributed by atoms with van der Waals surface area (Å²) in [5, 5.41) is 2.72. The van der Waals surface area contributed by atoms with Crippen LogP contribution in [-0.4, -0.2) is 41.6 Å². The number of ketones is 1. The molecule has 1 aromatic rings. The van der Waals surface area contributed by atoms with Crippen molar-refractivity contribution in [3.63, 3.8) is 0 Å². The molecule has 1 aromatic carbocycles. The van der Waals surface area contributed by atoms with E-state index in [1.165, 1.54) is 26.0 Å². The van der Waals surface area contributed by atoms with Crippen molar-refractivity contribution in [3.05, 3.63) is 35.1 Å². The topological polar surface area (TPSA) is 66.5 Å². The van der Waals surface area contributed by atoms with Gasteiger partial charge in [-0.15, -0.1) is 0 Å². The molecule has 118 valence electrons. The van der Waals surface area contributed by atoms with Gasteiger partial charge >= 0.3 is 0 Å². The summed E-state index contributed by atoms with van der Waals surface area (Å²) in [5.41, 5.74) is 0.130. The average molecular weight is 306 g/mol. The van der Waals surface area contributed by atoms with E-state index in [-0.39, 0.29) is 28.9 Å². The normalized spacial score (nSPS) is 17.4. The summed E-state index contributed by atoms with van der Waals surface area (Å²) in [5.74, 6) is -1.50. The van der Waals surface area contributed by atoms with E-state index in [4.69, 9.17) is 0 Å². The summed E-state index contributed by atoms with van der Waals surface area (Å²) in [7, 11) is 0. The molecule has 0 aromatic heterocycles. The zero-order chi connectivity index (χ0) is 16.3. The lowest BCUT2D eigenvalue weighted by molar-refractivity contribution is -0.129. The number of rotatable bonds is 4. The first-order valence-electron chi connectivity index (χ1n) is 7.26. The molecule has 1 heterocycles. The molecule has 2 rings (SSSR count). The summed E-state index contributed by atoms with van der Waals surface area (Å²) in [6, 6.07) is 3.78. The number of benzene rings is 1. The molecule has 1 N–H and O–H groups in total. The van der Waals surface area contributed by atoms with Gasteiger partial charge in [0.2, 0.25) is 5.91 Å². The molecule has 0 spiro atoms. The number of amides is 2. The Bertz CT molecular complexity index is 615. The summed E-state index contributed by atoms with van der Waals surface area (Å²) in [6.07, 6.45) is 1.76. The molecule has 0 aliphatic carbocycles. The van der Waals surface area contributed by atoms with E-state index in [1.807, 2.05) is 0 Å². The molecule has 2 amide bonds. The van der Waals surface area contributed by atoms with Gasteiger partial charge < -0.3 is 10.2 Å². The van der Waals surface area contributed by atoms with Crippen molar-refractivity contribution < 1.29 is 18.8 Å². The fraction of sp³-hybridized carbons (Fsp3) is 0.438. The highest BCUT2D eigenvalue weighted by molar-refractivity contribution is 5.98. The van der Waals surface area contributed by atoms with Gasteiger partial charge in [-0.2, -0.15) is 0 Å². The van der Waals surface area contributed by atoms with Crippen LogP contribution in [0.1, 0.15) is 47.4 Å². The number of hydrogen-bond donors (Lipinski definition) is 1. The lowest BCUT2D eigenvalue weighted by Gasteiger charge is -2.23. The molecule has 6 heteroatoms. The fourth-order valence-electron chi connectivity index (χ4n) is 2.72. The smallest absolute Gasteiger partial charge is 0.251 e. The maximum Gasteiger partial charge on any atom is 0.251 e. The van der Waals surface area contributed by atoms with Crippen molar-refractivity contribution in [1.29, 1.82) is 0 Å². The number of nitrogens with zero attached hydrogens (tertiary/aromatic N) is 1. The number of carbonyl (C=O) groups is 3. The molecular weight excluding hydrogens is 287 g/mol. The van der Waals surface area contributed by atoms with Gasteiger partial charge in [-0.3, -0.25) is 14.4 Å². The lowest BCUT2D eigenvalue weighted by Crippen LogP contribution is -2.42. The van der Waals surface area contributed by atoms with Gasteiger partial charge in [0.15, 0.2) is 5.78 Å². The van der Waals surface area contributed by atoms with E-state index in [9.17, 15) is 18.8 Å². The minimum atomic E-state index is -0.702. The third-order valence-electron chi connectivity index (χ3n) is 3.89. The van der Waals surface area contributed by atoms with E-state index in [0.29, 0.717) is 13.1 Å². The molecular formula is C16H19FN2O3. The quantitative estimate of drug-likeness (QED) is 0.862. The highest BCUT2D eigenvalue weighted by Gasteiger charge is 2.26. The van der Waals surface area contributed by atoms with Crippen LogP contribution in [0.4, 0.5) is 4.39 Å². The molecule has 5 nitrogen and oxygen atoms in total. The van der Waals surface area contributed by atoms with Crippen LogP contribution in [-0.2, 0) is 4.79 Å². The SMILES string of the molecule is CC(=O)c1ccc(C(=O)NC[C@H]2CCCN2C(C)=O)cc1F. The molecule has 0 saturated carbocycles. The first-order valence-corrected chi connectivity index (χ1v) is 7.26. The van der Waals surface area contributed by atoms with Crippen LogP contribution >= 0.6 is 0 Å². The zero-order valence-electron chi connectivity index (χ0n) is 12.7. The average Bonchev–Trinajstić information content (AvgIpc) is 2.92. The zero-order valence-corrected chi connectivity index (χ0v) is 12.7. The standard InChI is InChI=1S/C16H19FN2O3/c1-10(20)14-6-5-12(8-15(14)17)16(22)18-9-13-4-3-7-19(13)11(2)21/h5-6,8,13H,3-4,7,9H2,1-2H3,(H,18,22)/t13-/m1/s1. The predicted molar refractivity (Wildman–Crippen MR) is 79.1 cm³/mol. The Labute approximate surface area is 128 Å². The second-order valence-corrected chi connectivity index (χ2v) is 5.47. The van der Waals surface area contributed by atoms with E-state index in [1.54, 1.807) is 4.90 Å². The second kappa shape index (κ2) is 6.68. The van der Waals surface area contributed by atoms with Crippen molar-refractivity contribution in [2.45, 2.75) is 32.7 Å². The minimum absolute atomic E-state index is 0.00592. The summed E-state index contributed by atoms with van der Waals surface area (Å²) in [6.45, 7) is 3.83. The first kappa shape index (κ1) is 16.1. The number of hydrogen-bond acceptors (Lipinski definition) is 3. The summed E-state index contributed by atoms with van der Waals surface area (Å²) in [4.78, 5) is 36.4. The van der Waals surface area contributed by atoms with E-state index in [0.717, 1.165) is 18.9 Å². The van der Waals surface area contributed by atoms with Gasteiger partial charge in [0.1, 0.15) is 5.82 Å². The van der Waals surface area contributed by atoms with Crippen LogP contribution in [0.5, 0.6) is 0 Å². The Morgan fingerprint density at radius 2 is 2.05 bits per heavy atom. The number of halogens is 1. The Kier molecular flexibility index (Phi) is 4.90. The monoisotopic (exact) mass is 306 g/mol. The largest absolute Gasteiger partial charge is 0.350 e. The number of carbonyl (C=O) groups excluding carboxylic acids is 3. The van der Waals surface area contributed by atoms with Gasteiger partial charge in [0.25, 0.3) is 5.91 Å². The number of Topliss-reactive ketones (excluding diaryl/α,β-unsaturated/α-hetero) is 1. The van der Waals surface area contributed by atoms with Crippen LogP contribution in [0, 0.1) is 5.82 Å². The molecule has 1 aliphatic heterocycles. The minimum Gasteiger partial charge on any atom is -0.350 e. The molecule has 0 bridgehead atoms. The third kappa shape index (κ3) is 3.50. The van der Waals surface area contributed by atoms with Crippen LogP contribution < -0.4 is 5.32 Å². The highest BCUT2D eigenvalue weighted by atomic mass is 19.1. The molecule has 1 fully saturated rings. The van der Waals surface area contributed by atoms with Crippen LogP contribution in [0.15, 0.2) is 18.2 Å². The molecule has 1 aliphatic rings. The van der Waals surface area contributed by atoms with Crippen LogP contribution in [0.2, 0.25) is 0 Å². The van der Waals surface area contributed by atoms with Gasteiger partial charge in [-0.25, -0.2) is 4.39 Å². The van der Waals surface area contributed by atoms with E-state index in [2.05, 4.69) is 5.32 Å². The van der Waals surface area contributed by atoms with Crippen molar-refractivity contribution in [2.24, 2.45) is 0 Å². The van der Waals surface area contributed by atoms with Crippen molar-refractivity contribution in [3.8, 4) is 0 Å². The molecule has 22 heavy (non-hydrogen) atoms. The van der Waals surface area contributed by atoms with E-state index >= 15 is 0 Å². The Morgan fingerprint density at radius 3 is 2.64 bits per heavy atom. The van der Waals surface area contributed by atoms with Crippen molar-refractivity contribution >= 4 is 17.6 Å². The van der Waals surface area contributed by atoms with E-state index < -0.39 is 11.7 Å². The summed E-state index contributed by atoms with van der Waals surface area (Å²) >= 11 is 0. The number of likely N-dealkylation sites (tertiary alicyclic amines) is 1. The highest BCUT2D eigenvalue weighted by Crippen LogP contribution is 2.17. The van der Waals surface area contributed by atoms with Crippen molar-refractivity contribution in [1.82, 2.24) is 10.2 Å². The molecule has 0 radical (unpaired) electrons. The van der Waals surface area contributed by atoms with Gasteiger partial charge in [-0.1, -0.05) is 0 Å². The van der Waals surface area contributed by atoms with Crippen LogP contribution in [0.3, 0.4) is 0 Å². The number of nitrogens with one attached hydrogen (secondary N) is 1. The Morgan fingerprint density at radius 1 is 1.32 bits per heavy atom. The first-order chi connectivity index (χ1) is 10.4. The third-order valence-corrected chi connectivity index (χ3v) is 3.89. The summed E-state index contributed by atoms with van der Waals surface area (Å²) < 4.78 is 13.7. The predicted octanol–water partition coefficient (Wildman–Crippen LogP) is 1.77. The molecule has 0 unspecified atom stereocenters. The maximum atomic E-state index is 13.7. The Hall–Kier alpha value is -2.24. The van der Waals surface area contributed by atoms with Gasteiger partial charge in [-0.05, 0) is 38.0 Å². The lowest BCUT2D eigenvalue weighted by atomic mass is 10.1. The molecule has 1 atom stereocenters. The Balaban J connectivity index is 1.99. The van der Waals surface area contributed by atoms with Crippen molar-refractivity contribution in [2.75, 3.05) is 13.1 Å². The van der Waals surface area contributed by atoms with Crippen LogP contribution in [0.25, 0.3) is 0 Å². The maximum absolute atomic E-state index is 13.7. The molecule has 1 saturated heterocycles. The fourth-order valence-corrected chi connectivity index (χ4v) is 2.72. The van der Waals surface area contributed by atoms with Gasteiger partial charge in [0.05, 0.1) is 5.56 Å². The second-order valence-electron chi connectivity index (χ2n) is 5.47. The van der Waals surface area contributed by atoms with Gasteiger partial charge in [0, 0.05) is 31.6 Å².